The molecule has 17 heteroatoms. The zero-order valence-corrected chi connectivity index (χ0v) is 39.1. The Morgan fingerprint density at radius 1 is 0.508 bits per heavy atom. The number of Topliss-reactive ketones (excluding diaryl/α,β-unsaturated/α-hetero) is 3. The molecule has 2 aromatic rings. The number of aliphatic hydroxyl groups is 2. The highest BCUT2D eigenvalue weighted by Gasteiger charge is 2.34. The summed E-state index contributed by atoms with van der Waals surface area (Å²) in [5.74, 6) is -0.444. The smallest absolute Gasteiger partial charge is 0.490 e. The first kappa shape index (κ1) is 55.1. The van der Waals surface area contributed by atoms with Gasteiger partial charge in [0.2, 0.25) is 0 Å². The molecule has 2 N–H and O–H groups in total. The second-order valence-electron chi connectivity index (χ2n) is 16.1. The summed E-state index contributed by atoms with van der Waals surface area (Å²) in [4.78, 5) is 71.2. The van der Waals surface area contributed by atoms with E-state index >= 15 is 0 Å². The number of hydrogen-bond donors (Lipinski definition) is 2. The van der Waals surface area contributed by atoms with Gasteiger partial charge in [-0.3, -0.25) is 24.0 Å². The number of rotatable bonds is 37. The lowest BCUT2D eigenvalue weighted by Crippen LogP contribution is -2.43. The van der Waals surface area contributed by atoms with Crippen LogP contribution < -0.4 is 9.62 Å². The summed E-state index contributed by atoms with van der Waals surface area (Å²) in [6, 6.07) is 12.6. The number of carbonyl (C=O) groups excluding carboxylic acids is 5. The molecule has 0 heterocycles. The van der Waals surface area contributed by atoms with Gasteiger partial charge >= 0.3 is 20.7 Å². The molecule has 0 spiro atoms. The van der Waals surface area contributed by atoms with Crippen LogP contribution in [0.2, 0.25) is 6.55 Å². The van der Waals surface area contributed by atoms with Crippen molar-refractivity contribution in [3.8, 4) is 11.5 Å². The van der Waals surface area contributed by atoms with E-state index in [1.54, 1.807) is 43.5 Å². The molecule has 354 valence electrons. The average Bonchev–Trinajstić information content (AvgIpc) is 3.24. The normalized spacial score (nSPS) is 12.6. The first-order valence-corrected chi connectivity index (χ1v) is 24.1. The van der Waals surface area contributed by atoms with Gasteiger partial charge in [0, 0.05) is 70.3 Å². The van der Waals surface area contributed by atoms with E-state index in [1.807, 2.05) is 6.55 Å². The Balaban J connectivity index is 1.66. The Labute approximate surface area is 373 Å². The monoisotopic (exact) mass is 906 g/mol. The van der Waals surface area contributed by atoms with Crippen LogP contribution in [0.15, 0.2) is 48.5 Å². The highest BCUT2D eigenvalue weighted by atomic mass is 28.4. The van der Waals surface area contributed by atoms with Gasteiger partial charge in [0.15, 0.2) is 17.3 Å². The molecule has 0 aliphatic carbocycles. The quantitative estimate of drug-likeness (QED) is 0.0175. The molecule has 1 unspecified atom stereocenters. The van der Waals surface area contributed by atoms with Crippen LogP contribution in [0.5, 0.6) is 11.5 Å². The van der Waals surface area contributed by atoms with E-state index in [2.05, 4.69) is 0 Å². The molecule has 0 radical (unpaired) electrons. The Bertz CT molecular complexity index is 1530. The van der Waals surface area contributed by atoms with Crippen LogP contribution in [0.1, 0.15) is 132 Å². The predicted molar refractivity (Wildman–Crippen MR) is 235 cm³/mol. The van der Waals surface area contributed by atoms with Gasteiger partial charge in [-0.15, -0.1) is 0 Å². The largest absolute Gasteiger partial charge is 0.497 e. The van der Waals surface area contributed by atoms with Crippen molar-refractivity contribution < 1.29 is 76.2 Å². The molecule has 63 heavy (non-hydrogen) atoms. The molecule has 0 aliphatic rings. The van der Waals surface area contributed by atoms with Crippen LogP contribution in [0.25, 0.3) is 0 Å². The minimum atomic E-state index is -3.02. The lowest BCUT2D eigenvalue weighted by atomic mass is 9.97. The van der Waals surface area contributed by atoms with Gasteiger partial charge in [0.05, 0.1) is 6.61 Å². The van der Waals surface area contributed by atoms with Gasteiger partial charge in [-0.25, -0.2) is 0 Å². The van der Waals surface area contributed by atoms with E-state index in [-0.39, 0.29) is 62.8 Å². The number of ketones is 3. The number of ether oxygens (including phenoxy) is 4. The second kappa shape index (κ2) is 30.1. The zero-order valence-electron chi connectivity index (χ0n) is 38.1. The molecule has 0 aromatic heterocycles. The number of hydrogen-bond acceptors (Lipinski definition) is 16. The van der Waals surface area contributed by atoms with Crippen LogP contribution in [0.4, 0.5) is 0 Å². The standard InChI is InChI=1S/C46H70O16Si/c1-45(2,52)43(50)36-19-23-39(24-20-36)55-34-35-57-42(49)18-12-9-15-30-61-63(6,60-29-14-8-11-17-41(48)56-33-32-54-5)59-28-13-7-10-16-38(47)27-31-58-62-40-25-21-37(22-26-40)44(51)46(3,4)53/h19-26,52-53H,7-18,27-35H2,1-6H3. The Morgan fingerprint density at radius 3 is 1.38 bits per heavy atom. The highest BCUT2D eigenvalue weighted by molar-refractivity contribution is 6.59. The molecule has 1 atom stereocenters. The Hall–Kier alpha value is -4.07. The third-order valence-electron chi connectivity index (χ3n) is 9.37. The molecule has 2 rings (SSSR count). The van der Waals surface area contributed by atoms with Crippen molar-refractivity contribution in [1.29, 1.82) is 0 Å². The van der Waals surface area contributed by atoms with Crippen molar-refractivity contribution >= 4 is 38.1 Å². The minimum absolute atomic E-state index is 0.0456. The van der Waals surface area contributed by atoms with Gasteiger partial charge in [0.1, 0.15) is 49.2 Å². The fourth-order valence-electron chi connectivity index (χ4n) is 5.75. The maximum atomic E-state index is 12.4. The number of carbonyl (C=O) groups is 5. The minimum Gasteiger partial charge on any atom is -0.490 e. The molecule has 0 fully saturated rings. The fraction of sp³-hybridized carbons (Fsp3) is 0.630. The van der Waals surface area contributed by atoms with Gasteiger partial charge in [-0.1, -0.05) is 19.3 Å². The van der Waals surface area contributed by atoms with Crippen LogP contribution in [-0.2, 0) is 46.8 Å². The topological polar surface area (TPSA) is 209 Å². The second-order valence-corrected chi connectivity index (χ2v) is 18.7. The maximum absolute atomic E-state index is 12.4. The van der Waals surface area contributed by atoms with Crippen molar-refractivity contribution in [1.82, 2.24) is 0 Å². The summed E-state index contributed by atoms with van der Waals surface area (Å²) in [7, 11) is -1.47. The van der Waals surface area contributed by atoms with Gasteiger partial charge in [-0.2, -0.15) is 4.89 Å². The van der Waals surface area contributed by atoms with Gasteiger partial charge in [0.25, 0.3) is 0 Å². The predicted octanol–water partition coefficient (Wildman–Crippen LogP) is 6.97. The summed E-state index contributed by atoms with van der Waals surface area (Å²) >= 11 is 0. The number of benzene rings is 2. The Kier molecular flexibility index (Phi) is 26.3. The molecule has 0 saturated heterocycles. The van der Waals surface area contributed by atoms with E-state index < -0.39 is 25.8 Å². The van der Waals surface area contributed by atoms with E-state index in [0.29, 0.717) is 94.0 Å². The van der Waals surface area contributed by atoms with Crippen LogP contribution in [-0.4, -0.2) is 119 Å². The molecular weight excluding hydrogens is 837 g/mol. The summed E-state index contributed by atoms with van der Waals surface area (Å²) in [5, 5.41) is 19.8. The summed E-state index contributed by atoms with van der Waals surface area (Å²) in [6.07, 6.45) is 7.53. The maximum Gasteiger partial charge on any atom is 0.497 e. The van der Waals surface area contributed by atoms with Crippen LogP contribution in [0, 0.1) is 0 Å². The number of unbranched alkanes of at least 4 members (excludes halogenated alkanes) is 6. The molecule has 0 saturated carbocycles. The van der Waals surface area contributed by atoms with Crippen molar-refractivity contribution in [3.05, 3.63) is 59.7 Å². The summed E-state index contributed by atoms with van der Waals surface area (Å²) in [6.45, 7) is 9.71. The first-order valence-electron chi connectivity index (χ1n) is 21.8. The van der Waals surface area contributed by atoms with Gasteiger partial charge in [-0.05, 0) is 115 Å². The van der Waals surface area contributed by atoms with Crippen LogP contribution >= 0.6 is 0 Å². The third kappa shape index (κ3) is 25.1. The molecule has 0 aliphatic heterocycles. The van der Waals surface area contributed by atoms with Crippen LogP contribution in [0.3, 0.4) is 0 Å². The zero-order chi connectivity index (χ0) is 46.6. The van der Waals surface area contributed by atoms with Gasteiger partial charge < -0.3 is 47.3 Å². The van der Waals surface area contributed by atoms with E-state index in [9.17, 15) is 34.2 Å². The van der Waals surface area contributed by atoms with E-state index in [0.717, 1.165) is 25.7 Å². The molecule has 0 amide bonds. The van der Waals surface area contributed by atoms with Crippen molar-refractivity contribution in [2.24, 2.45) is 0 Å². The molecular formula is C46H70O16Si. The Morgan fingerprint density at radius 2 is 0.937 bits per heavy atom. The SMILES string of the molecule is COCCOC(=O)CCCCCO[Si](C)(OCCCCCC(=O)CCOOc1ccc(C(=O)C(C)(C)O)cc1)OCCCCCC(=O)OCCOc1ccc(C(=O)C(C)(C)O)cc1. The molecule has 16 nitrogen and oxygen atoms in total. The van der Waals surface area contributed by atoms with Crippen molar-refractivity contribution in [2.75, 3.05) is 60.0 Å². The van der Waals surface area contributed by atoms with E-state index in [1.165, 1.54) is 39.8 Å². The third-order valence-corrected chi connectivity index (χ3v) is 11.6. The van der Waals surface area contributed by atoms with E-state index in [4.69, 9.17) is 42.0 Å². The fourth-order valence-corrected chi connectivity index (χ4v) is 7.55. The number of esters is 2. The highest BCUT2D eigenvalue weighted by Crippen LogP contribution is 2.20. The molecule has 0 bridgehead atoms. The first-order chi connectivity index (χ1) is 29.9. The van der Waals surface area contributed by atoms with Crippen molar-refractivity contribution in [2.45, 2.75) is 129 Å². The van der Waals surface area contributed by atoms with Crippen molar-refractivity contribution in [3.63, 3.8) is 0 Å². The lowest BCUT2D eigenvalue weighted by Gasteiger charge is -2.26. The summed E-state index contributed by atoms with van der Waals surface area (Å²) in [5.41, 5.74) is -2.22. The lowest BCUT2D eigenvalue weighted by molar-refractivity contribution is -0.207. The number of methoxy groups -OCH3 is 1. The summed E-state index contributed by atoms with van der Waals surface area (Å²) < 4.78 is 39.5. The molecule has 2 aromatic carbocycles. The average molecular weight is 907 g/mol.